The Labute approximate surface area is 167 Å². The molecule has 0 spiro atoms. The summed E-state index contributed by atoms with van der Waals surface area (Å²) in [5, 5.41) is 8.61. The zero-order valence-electron chi connectivity index (χ0n) is 15.7. The summed E-state index contributed by atoms with van der Waals surface area (Å²) in [5.41, 5.74) is 1.75. The molecule has 148 valence electrons. The van der Waals surface area contributed by atoms with Gasteiger partial charge in [-0.1, -0.05) is 12.1 Å². The lowest BCUT2D eigenvalue weighted by Crippen LogP contribution is -2.50. The SMILES string of the molecule is O=C(COc1ccccc1F)N1CCN(c2ccc(-c3ccncc3)nn2)CC1. The summed E-state index contributed by atoms with van der Waals surface area (Å²) in [4.78, 5) is 20.2. The summed E-state index contributed by atoms with van der Waals surface area (Å²) in [6.45, 7) is 2.21. The molecule has 1 aliphatic heterocycles. The largest absolute Gasteiger partial charge is 0.481 e. The lowest BCUT2D eigenvalue weighted by Gasteiger charge is -2.35. The van der Waals surface area contributed by atoms with Crippen molar-refractivity contribution in [3.63, 3.8) is 0 Å². The van der Waals surface area contributed by atoms with Crippen LogP contribution in [0.4, 0.5) is 10.2 Å². The first-order valence-corrected chi connectivity index (χ1v) is 9.35. The Bertz CT molecular complexity index is 960. The predicted molar refractivity (Wildman–Crippen MR) is 106 cm³/mol. The van der Waals surface area contributed by atoms with Gasteiger partial charge in [0.25, 0.3) is 5.91 Å². The van der Waals surface area contributed by atoms with Gasteiger partial charge in [-0.3, -0.25) is 9.78 Å². The standard InChI is InChI=1S/C21H20FN5O2/c22-17-3-1-2-4-19(17)29-15-21(28)27-13-11-26(12-14-27)20-6-5-18(24-25-20)16-7-9-23-10-8-16/h1-10H,11-15H2. The van der Waals surface area contributed by atoms with Gasteiger partial charge in [0.1, 0.15) is 0 Å². The maximum atomic E-state index is 13.6. The van der Waals surface area contributed by atoms with Crippen LogP contribution in [0, 0.1) is 5.82 Å². The van der Waals surface area contributed by atoms with Crippen LogP contribution in [-0.4, -0.2) is 58.8 Å². The quantitative estimate of drug-likeness (QED) is 0.663. The molecule has 29 heavy (non-hydrogen) atoms. The molecule has 0 saturated carbocycles. The van der Waals surface area contributed by atoms with Gasteiger partial charge >= 0.3 is 0 Å². The van der Waals surface area contributed by atoms with E-state index in [9.17, 15) is 9.18 Å². The van der Waals surface area contributed by atoms with Crippen LogP contribution in [-0.2, 0) is 4.79 Å². The van der Waals surface area contributed by atoms with Crippen LogP contribution >= 0.6 is 0 Å². The molecule has 0 radical (unpaired) electrons. The van der Waals surface area contributed by atoms with Crippen molar-refractivity contribution in [3.8, 4) is 17.0 Å². The fourth-order valence-electron chi connectivity index (χ4n) is 3.15. The van der Waals surface area contributed by atoms with E-state index >= 15 is 0 Å². The smallest absolute Gasteiger partial charge is 0.260 e. The Morgan fingerprint density at radius 2 is 1.72 bits per heavy atom. The molecule has 1 fully saturated rings. The second kappa shape index (κ2) is 8.64. The number of hydrogen-bond donors (Lipinski definition) is 0. The minimum absolute atomic E-state index is 0.0871. The van der Waals surface area contributed by atoms with Crippen molar-refractivity contribution >= 4 is 11.7 Å². The Morgan fingerprint density at radius 1 is 0.966 bits per heavy atom. The molecule has 0 unspecified atom stereocenters. The van der Waals surface area contributed by atoms with E-state index in [0.29, 0.717) is 26.2 Å². The number of ether oxygens (including phenoxy) is 1. The van der Waals surface area contributed by atoms with Crippen LogP contribution in [0.3, 0.4) is 0 Å². The molecule has 4 rings (SSSR count). The van der Waals surface area contributed by atoms with Crippen LogP contribution in [0.5, 0.6) is 5.75 Å². The Kier molecular flexibility index (Phi) is 5.60. The van der Waals surface area contributed by atoms with Crippen LogP contribution in [0.1, 0.15) is 0 Å². The van der Waals surface area contributed by atoms with Gasteiger partial charge in [-0.2, -0.15) is 0 Å². The highest BCUT2D eigenvalue weighted by Gasteiger charge is 2.22. The number of carbonyl (C=O) groups is 1. The molecule has 3 heterocycles. The van der Waals surface area contributed by atoms with Crippen molar-refractivity contribution in [2.24, 2.45) is 0 Å². The van der Waals surface area contributed by atoms with Crippen molar-refractivity contribution in [3.05, 3.63) is 66.7 Å². The fourth-order valence-corrected chi connectivity index (χ4v) is 3.15. The highest BCUT2D eigenvalue weighted by Crippen LogP contribution is 2.19. The first-order chi connectivity index (χ1) is 14.2. The molecule has 2 aromatic heterocycles. The maximum absolute atomic E-state index is 13.6. The molecule has 1 aliphatic rings. The molecule has 0 N–H and O–H groups in total. The van der Waals surface area contributed by atoms with Crippen LogP contribution < -0.4 is 9.64 Å². The van der Waals surface area contributed by atoms with Crippen LogP contribution in [0.15, 0.2) is 60.9 Å². The van der Waals surface area contributed by atoms with E-state index in [4.69, 9.17) is 4.74 Å². The number of anilines is 1. The molecule has 0 atom stereocenters. The van der Waals surface area contributed by atoms with Gasteiger partial charge in [-0.25, -0.2) is 4.39 Å². The molecule has 3 aromatic rings. The van der Waals surface area contributed by atoms with E-state index in [1.54, 1.807) is 29.4 Å². The van der Waals surface area contributed by atoms with Crippen molar-refractivity contribution < 1.29 is 13.9 Å². The van der Waals surface area contributed by atoms with Gasteiger partial charge in [0.2, 0.25) is 0 Å². The second-order valence-electron chi connectivity index (χ2n) is 6.60. The number of benzene rings is 1. The highest BCUT2D eigenvalue weighted by molar-refractivity contribution is 5.78. The molecular weight excluding hydrogens is 373 g/mol. The third-order valence-corrected chi connectivity index (χ3v) is 4.77. The number of piperazine rings is 1. The first-order valence-electron chi connectivity index (χ1n) is 9.35. The second-order valence-corrected chi connectivity index (χ2v) is 6.60. The van der Waals surface area contributed by atoms with Gasteiger partial charge in [-0.15, -0.1) is 10.2 Å². The fraction of sp³-hybridized carbons (Fsp3) is 0.238. The summed E-state index contributed by atoms with van der Waals surface area (Å²) in [6, 6.07) is 13.7. The van der Waals surface area contributed by atoms with E-state index in [0.717, 1.165) is 17.1 Å². The molecule has 1 aromatic carbocycles. The number of carbonyl (C=O) groups excluding carboxylic acids is 1. The zero-order chi connectivity index (χ0) is 20.1. The molecule has 7 nitrogen and oxygen atoms in total. The third kappa shape index (κ3) is 4.48. The van der Waals surface area contributed by atoms with Crippen molar-refractivity contribution in [1.29, 1.82) is 0 Å². The Morgan fingerprint density at radius 3 is 2.41 bits per heavy atom. The van der Waals surface area contributed by atoms with E-state index in [1.165, 1.54) is 12.1 Å². The number of rotatable bonds is 5. The van der Waals surface area contributed by atoms with Crippen molar-refractivity contribution in [2.45, 2.75) is 0 Å². The lowest BCUT2D eigenvalue weighted by molar-refractivity contribution is -0.133. The number of aromatic nitrogens is 3. The summed E-state index contributed by atoms with van der Waals surface area (Å²) >= 11 is 0. The van der Waals surface area contributed by atoms with E-state index < -0.39 is 5.82 Å². The first kappa shape index (κ1) is 18.8. The van der Waals surface area contributed by atoms with Gasteiger partial charge < -0.3 is 14.5 Å². The minimum atomic E-state index is -0.473. The number of para-hydroxylation sites is 1. The average Bonchev–Trinajstić information content (AvgIpc) is 2.79. The van der Waals surface area contributed by atoms with Crippen molar-refractivity contribution in [1.82, 2.24) is 20.1 Å². The number of hydrogen-bond acceptors (Lipinski definition) is 6. The van der Waals surface area contributed by atoms with Crippen LogP contribution in [0.2, 0.25) is 0 Å². The monoisotopic (exact) mass is 393 g/mol. The van der Waals surface area contributed by atoms with E-state index in [1.807, 2.05) is 24.3 Å². The Hall–Kier alpha value is -3.55. The minimum Gasteiger partial charge on any atom is -0.481 e. The number of nitrogens with zero attached hydrogens (tertiary/aromatic N) is 5. The molecule has 8 heteroatoms. The maximum Gasteiger partial charge on any atom is 0.260 e. The summed E-state index contributed by atoms with van der Waals surface area (Å²) in [5.74, 6) is 0.229. The topological polar surface area (TPSA) is 71.5 Å². The van der Waals surface area contributed by atoms with Crippen LogP contribution in [0.25, 0.3) is 11.3 Å². The lowest BCUT2D eigenvalue weighted by atomic mass is 10.2. The molecule has 1 amide bonds. The third-order valence-electron chi connectivity index (χ3n) is 4.77. The summed E-state index contributed by atoms with van der Waals surface area (Å²) in [7, 11) is 0. The Balaban J connectivity index is 1.30. The highest BCUT2D eigenvalue weighted by atomic mass is 19.1. The summed E-state index contributed by atoms with van der Waals surface area (Å²) < 4.78 is 18.9. The predicted octanol–water partition coefficient (Wildman–Crippen LogP) is 2.41. The molecule has 0 aliphatic carbocycles. The van der Waals surface area contributed by atoms with Gasteiger partial charge in [0.05, 0.1) is 5.69 Å². The number of halogens is 1. The molecular formula is C21H20FN5O2. The van der Waals surface area contributed by atoms with Gasteiger partial charge in [-0.05, 0) is 36.4 Å². The summed E-state index contributed by atoms with van der Waals surface area (Å²) in [6.07, 6.45) is 3.44. The van der Waals surface area contributed by atoms with E-state index in [-0.39, 0.29) is 18.3 Å². The zero-order valence-corrected chi connectivity index (χ0v) is 15.7. The molecule has 0 bridgehead atoms. The van der Waals surface area contributed by atoms with Gasteiger partial charge in [0, 0.05) is 44.1 Å². The molecule has 1 saturated heterocycles. The van der Waals surface area contributed by atoms with Gasteiger partial charge in [0.15, 0.2) is 24.0 Å². The normalized spacial score (nSPS) is 14.0. The van der Waals surface area contributed by atoms with Crippen molar-refractivity contribution in [2.75, 3.05) is 37.7 Å². The number of amides is 1. The average molecular weight is 393 g/mol. The van der Waals surface area contributed by atoms with E-state index in [2.05, 4.69) is 20.1 Å². The number of pyridine rings is 1.